The number of fused-ring (bicyclic) bond motifs is 2. The van der Waals surface area contributed by atoms with E-state index in [0.29, 0.717) is 0 Å². The molecule has 0 saturated heterocycles. The number of benzene rings is 4. The van der Waals surface area contributed by atoms with Gasteiger partial charge in [-0.3, -0.25) is 0 Å². The highest BCUT2D eigenvalue weighted by molar-refractivity contribution is 5.97. The Hall–Kier alpha value is -6.70. The number of aromatic hydroxyl groups is 14. The SMILES string of the molecule is Oc1c(O)c(O)c(C2=C3C=CC=CC3C(c3c(O)c(O)c(-c4c(O)c(O)c(O)c(O)c4O)c(O)c3O)c3ccccc32)c(O)c1O. The van der Waals surface area contributed by atoms with Gasteiger partial charge in [-0.1, -0.05) is 48.6 Å². The molecule has 14 nitrogen and oxygen atoms in total. The maximum Gasteiger partial charge on any atom is 0.208 e. The largest absolute Gasteiger partial charge is 0.504 e. The Bertz CT molecular complexity index is 2020. The molecule has 46 heavy (non-hydrogen) atoms. The van der Waals surface area contributed by atoms with Gasteiger partial charge in [-0.15, -0.1) is 0 Å². The molecule has 6 rings (SSSR count). The van der Waals surface area contributed by atoms with Gasteiger partial charge in [-0.25, -0.2) is 0 Å². The Kier molecular flexibility index (Phi) is 6.33. The van der Waals surface area contributed by atoms with Crippen LogP contribution in [0.3, 0.4) is 0 Å². The van der Waals surface area contributed by atoms with Gasteiger partial charge in [-0.05, 0) is 16.7 Å². The first-order valence-corrected chi connectivity index (χ1v) is 13.3. The van der Waals surface area contributed by atoms with Crippen molar-refractivity contribution < 1.29 is 71.5 Å². The van der Waals surface area contributed by atoms with Crippen LogP contribution in [0.5, 0.6) is 80.5 Å². The summed E-state index contributed by atoms with van der Waals surface area (Å²) in [4.78, 5) is 0. The van der Waals surface area contributed by atoms with Gasteiger partial charge in [0.1, 0.15) is 0 Å². The van der Waals surface area contributed by atoms with Crippen LogP contribution >= 0.6 is 0 Å². The summed E-state index contributed by atoms with van der Waals surface area (Å²) in [6.07, 6.45) is 6.26. The summed E-state index contributed by atoms with van der Waals surface area (Å²) in [5.74, 6) is -18.8. The van der Waals surface area contributed by atoms with E-state index in [-0.39, 0.29) is 22.3 Å². The van der Waals surface area contributed by atoms with Crippen molar-refractivity contribution in [3.05, 3.63) is 76.4 Å². The molecule has 14 N–H and O–H groups in total. The summed E-state index contributed by atoms with van der Waals surface area (Å²) < 4.78 is 0. The zero-order valence-electron chi connectivity index (χ0n) is 23.0. The number of hydrogen-bond donors (Lipinski definition) is 14. The predicted molar refractivity (Wildman–Crippen MR) is 158 cm³/mol. The zero-order chi connectivity index (χ0) is 33.5. The third kappa shape index (κ3) is 3.70. The molecule has 2 aliphatic rings. The summed E-state index contributed by atoms with van der Waals surface area (Å²) >= 11 is 0. The van der Waals surface area contributed by atoms with Gasteiger partial charge in [0.05, 0.1) is 22.3 Å². The van der Waals surface area contributed by atoms with Crippen LogP contribution in [-0.2, 0) is 0 Å². The molecule has 2 unspecified atom stereocenters. The average Bonchev–Trinajstić information content (AvgIpc) is 3.06. The number of hydrogen-bond acceptors (Lipinski definition) is 14. The first kappa shape index (κ1) is 29.4. The number of allylic oxidation sites excluding steroid dienone is 5. The highest BCUT2D eigenvalue weighted by atomic mass is 16.4. The number of phenolic OH excluding ortho intramolecular Hbond substituents is 14. The molecule has 2 atom stereocenters. The third-order valence-electron chi connectivity index (χ3n) is 8.26. The molecule has 4 aromatic carbocycles. The Morgan fingerprint density at radius 3 is 1.33 bits per heavy atom. The van der Waals surface area contributed by atoms with E-state index in [1.54, 1.807) is 30.4 Å². The molecule has 0 heterocycles. The molecule has 0 radical (unpaired) electrons. The van der Waals surface area contributed by atoms with Gasteiger partial charge in [0.2, 0.25) is 34.5 Å². The van der Waals surface area contributed by atoms with E-state index in [2.05, 4.69) is 0 Å². The molecule has 4 aromatic rings. The summed E-state index contributed by atoms with van der Waals surface area (Å²) in [6.45, 7) is 0. The van der Waals surface area contributed by atoms with E-state index in [1.165, 1.54) is 18.2 Å². The molecule has 0 amide bonds. The second-order valence-corrected chi connectivity index (χ2v) is 10.6. The van der Waals surface area contributed by atoms with Crippen molar-refractivity contribution in [1.82, 2.24) is 0 Å². The van der Waals surface area contributed by atoms with E-state index >= 15 is 0 Å². The Labute approximate surface area is 257 Å². The second-order valence-electron chi connectivity index (χ2n) is 10.6. The van der Waals surface area contributed by atoms with Crippen molar-refractivity contribution in [3.8, 4) is 91.6 Å². The second kappa shape index (κ2) is 9.92. The molecule has 0 saturated carbocycles. The number of rotatable bonds is 3. The van der Waals surface area contributed by atoms with Crippen molar-refractivity contribution in [2.45, 2.75) is 5.92 Å². The lowest BCUT2D eigenvalue weighted by atomic mass is 9.66. The Morgan fingerprint density at radius 2 is 0.826 bits per heavy atom. The molecule has 0 aromatic heterocycles. The minimum absolute atomic E-state index is 0.0620. The van der Waals surface area contributed by atoms with Crippen molar-refractivity contribution in [2.75, 3.05) is 0 Å². The maximum atomic E-state index is 11.4. The lowest BCUT2D eigenvalue weighted by Gasteiger charge is -2.37. The monoisotopic (exact) mass is 632 g/mol. The lowest BCUT2D eigenvalue weighted by molar-refractivity contribution is 0.327. The molecular formula is C32H24O14. The van der Waals surface area contributed by atoms with Crippen LogP contribution in [0.25, 0.3) is 16.7 Å². The van der Waals surface area contributed by atoms with Gasteiger partial charge in [-0.2, -0.15) is 0 Å². The van der Waals surface area contributed by atoms with Gasteiger partial charge in [0.25, 0.3) is 0 Å². The topological polar surface area (TPSA) is 283 Å². The number of phenols is 14. The minimum atomic E-state index is -1.35. The van der Waals surface area contributed by atoms with Crippen LogP contribution in [-0.4, -0.2) is 71.5 Å². The van der Waals surface area contributed by atoms with Crippen LogP contribution in [0.15, 0.2) is 54.1 Å². The Balaban J connectivity index is 1.67. The highest BCUT2D eigenvalue weighted by Gasteiger charge is 2.43. The van der Waals surface area contributed by atoms with Gasteiger partial charge in [0, 0.05) is 17.4 Å². The normalized spacial score (nSPS) is 16.8. The first-order chi connectivity index (χ1) is 21.7. The van der Waals surface area contributed by atoms with E-state index in [4.69, 9.17) is 0 Å². The zero-order valence-corrected chi connectivity index (χ0v) is 23.0. The summed E-state index contributed by atoms with van der Waals surface area (Å²) in [5.41, 5.74) is -2.23. The molecule has 0 aliphatic heterocycles. The van der Waals surface area contributed by atoms with Crippen molar-refractivity contribution in [2.24, 2.45) is 5.92 Å². The summed E-state index contributed by atoms with van der Waals surface area (Å²) in [5, 5.41) is 148. The van der Waals surface area contributed by atoms with Crippen molar-refractivity contribution in [3.63, 3.8) is 0 Å². The maximum absolute atomic E-state index is 11.4. The minimum Gasteiger partial charge on any atom is -0.504 e. The van der Waals surface area contributed by atoms with Gasteiger partial charge in [0.15, 0.2) is 46.0 Å². The van der Waals surface area contributed by atoms with Crippen molar-refractivity contribution in [1.29, 1.82) is 0 Å². The fraction of sp³-hybridized carbons (Fsp3) is 0.0625. The molecular weight excluding hydrogens is 608 g/mol. The first-order valence-electron chi connectivity index (χ1n) is 13.3. The van der Waals surface area contributed by atoms with E-state index in [9.17, 15) is 71.5 Å². The molecule has 0 bridgehead atoms. The molecule has 14 heteroatoms. The standard InChI is InChI=1S/C32H24O14/c33-19-15(20(34)22(36)17(21(19)35)18-25(39)29(43)32(46)30(44)26(18)40)13-9-5-1-3-7-11(9)14(12-8-4-2-6-10(12)13)16-23(37)27(41)31(45)28(42)24(16)38/h1-9,13,33-46H. The lowest BCUT2D eigenvalue weighted by Crippen LogP contribution is -2.23. The summed E-state index contributed by atoms with van der Waals surface area (Å²) in [7, 11) is 0. The molecule has 2 aliphatic carbocycles. The van der Waals surface area contributed by atoms with Gasteiger partial charge < -0.3 is 71.5 Å². The fourth-order valence-corrected chi connectivity index (χ4v) is 6.15. The molecule has 0 fully saturated rings. The molecule has 0 spiro atoms. The van der Waals surface area contributed by atoms with Gasteiger partial charge >= 0.3 is 0 Å². The third-order valence-corrected chi connectivity index (χ3v) is 8.26. The van der Waals surface area contributed by atoms with Crippen LogP contribution < -0.4 is 0 Å². The van der Waals surface area contributed by atoms with E-state index < -0.39 is 115 Å². The highest BCUT2D eigenvalue weighted by Crippen LogP contribution is 2.65. The molecule has 236 valence electrons. The summed E-state index contributed by atoms with van der Waals surface area (Å²) in [6, 6.07) is 6.14. The predicted octanol–water partition coefficient (Wildman–Crippen LogP) is 3.92. The fourth-order valence-electron chi connectivity index (χ4n) is 6.15. The average molecular weight is 633 g/mol. The van der Waals surface area contributed by atoms with Crippen LogP contribution in [0, 0.1) is 5.92 Å². The van der Waals surface area contributed by atoms with Crippen LogP contribution in [0.4, 0.5) is 0 Å². The smallest absolute Gasteiger partial charge is 0.208 e. The van der Waals surface area contributed by atoms with Crippen LogP contribution in [0.2, 0.25) is 0 Å². The van der Waals surface area contributed by atoms with E-state index in [1.807, 2.05) is 0 Å². The van der Waals surface area contributed by atoms with Crippen molar-refractivity contribution >= 4 is 5.57 Å². The van der Waals surface area contributed by atoms with Crippen LogP contribution in [0.1, 0.15) is 28.2 Å². The Morgan fingerprint density at radius 1 is 0.413 bits per heavy atom. The van der Waals surface area contributed by atoms with E-state index in [0.717, 1.165) is 0 Å². The quantitative estimate of drug-likeness (QED) is 0.113.